The highest BCUT2D eigenvalue weighted by Crippen LogP contribution is 2.44. The van der Waals surface area contributed by atoms with Gasteiger partial charge in [-0.05, 0) is 62.4 Å². The molecule has 0 spiro atoms. The Balaban J connectivity index is 1.99. The van der Waals surface area contributed by atoms with Crippen LogP contribution in [-0.4, -0.2) is 38.5 Å². The fourth-order valence-electron chi connectivity index (χ4n) is 4.53. The van der Waals surface area contributed by atoms with Gasteiger partial charge in [0.15, 0.2) is 23.1 Å². The Morgan fingerprint density at radius 3 is 1.94 bits per heavy atom. The van der Waals surface area contributed by atoms with Crippen LogP contribution in [0.2, 0.25) is 0 Å². The molecule has 7 heteroatoms. The van der Waals surface area contributed by atoms with Gasteiger partial charge >= 0.3 is 0 Å². The number of carbonyl (C=O) groups is 4. The molecule has 0 radical (unpaired) electrons. The second-order valence-corrected chi connectivity index (χ2v) is 8.18. The average molecular weight is 444 g/mol. The SMILES string of the molecule is CC(=O)c1c(C)cc2c(c1O)C(=O)C(c1ccc3cc(C)c(C(C)=O)c(O)c3c1O)=CC2=O. The van der Waals surface area contributed by atoms with Crippen LogP contribution >= 0.6 is 0 Å². The van der Waals surface area contributed by atoms with Crippen molar-refractivity contribution in [3.8, 4) is 17.2 Å². The Morgan fingerprint density at radius 1 is 0.758 bits per heavy atom. The summed E-state index contributed by atoms with van der Waals surface area (Å²) in [4.78, 5) is 50.2. The molecule has 0 bridgehead atoms. The Kier molecular flexibility index (Phi) is 4.93. The number of fused-ring (bicyclic) bond motifs is 2. The molecule has 0 amide bonds. The van der Waals surface area contributed by atoms with Crippen molar-refractivity contribution < 1.29 is 34.5 Å². The van der Waals surface area contributed by atoms with Gasteiger partial charge in [-0.3, -0.25) is 19.2 Å². The molecular formula is C26H20O7. The molecular weight excluding hydrogens is 424 g/mol. The quantitative estimate of drug-likeness (QED) is 0.509. The van der Waals surface area contributed by atoms with Gasteiger partial charge in [0.2, 0.25) is 0 Å². The predicted octanol–water partition coefficient (Wildman–Crippen LogP) is 4.44. The van der Waals surface area contributed by atoms with Crippen molar-refractivity contribution in [2.75, 3.05) is 0 Å². The average Bonchev–Trinajstić information content (AvgIpc) is 2.70. The van der Waals surface area contributed by atoms with E-state index in [2.05, 4.69) is 0 Å². The van der Waals surface area contributed by atoms with E-state index in [0.29, 0.717) is 16.5 Å². The first-order valence-electron chi connectivity index (χ1n) is 10.1. The molecule has 33 heavy (non-hydrogen) atoms. The Hall–Kier alpha value is -4.26. The highest BCUT2D eigenvalue weighted by molar-refractivity contribution is 6.40. The number of allylic oxidation sites excluding steroid dienone is 2. The molecule has 0 aromatic heterocycles. The van der Waals surface area contributed by atoms with Crippen molar-refractivity contribution in [2.45, 2.75) is 27.7 Å². The van der Waals surface area contributed by atoms with Crippen molar-refractivity contribution in [3.05, 3.63) is 69.3 Å². The predicted molar refractivity (Wildman–Crippen MR) is 122 cm³/mol. The molecule has 0 saturated heterocycles. The summed E-state index contributed by atoms with van der Waals surface area (Å²) >= 11 is 0. The summed E-state index contributed by atoms with van der Waals surface area (Å²) in [6.07, 6.45) is 1.05. The van der Waals surface area contributed by atoms with Gasteiger partial charge in [0.25, 0.3) is 0 Å². The Bertz CT molecular complexity index is 1490. The third-order valence-corrected chi connectivity index (χ3v) is 5.96. The number of benzene rings is 3. The molecule has 4 rings (SSSR count). The molecule has 3 aromatic carbocycles. The zero-order valence-corrected chi connectivity index (χ0v) is 18.4. The second-order valence-electron chi connectivity index (χ2n) is 8.18. The maximum atomic E-state index is 13.4. The van der Waals surface area contributed by atoms with Crippen molar-refractivity contribution in [3.63, 3.8) is 0 Å². The molecule has 0 aliphatic heterocycles. The lowest BCUT2D eigenvalue weighted by molar-refractivity contribution is 0.0991. The molecule has 0 atom stereocenters. The Morgan fingerprint density at radius 2 is 1.33 bits per heavy atom. The number of Topliss-reactive ketones (excluding diaryl/α,β-unsaturated/α-hetero) is 3. The van der Waals surface area contributed by atoms with Crippen molar-refractivity contribution in [1.82, 2.24) is 0 Å². The number of aryl methyl sites for hydroxylation is 2. The molecule has 1 aliphatic rings. The largest absolute Gasteiger partial charge is 0.507 e. The van der Waals surface area contributed by atoms with E-state index in [1.165, 1.54) is 26.0 Å². The number of phenols is 3. The van der Waals surface area contributed by atoms with Crippen LogP contribution in [0.5, 0.6) is 17.2 Å². The number of rotatable bonds is 3. The van der Waals surface area contributed by atoms with Gasteiger partial charge in [-0.25, -0.2) is 0 Å². The minimum atomic E-state index is -0.752. The normalized spacial score (nSPS) is 13.2. The van der Waals surface area contributed by atoms with E-state index >= 15 is 0 Å². The summed E-state index contributed by atoms with van der Waals surface area (Å²) in [5, 5.41) is 32.8. The second kappa shape index (κ2) is 7.41. The summed E-state index contributed by atoms with van der Waals surface area (Å²) in [5.74, 6) is -3.69. The number of aromatic hydroxyl groups is 3. The van der Waals surface area contributed by atoms with E-state index in [1.54, 1.807) is 26.0 Å². The van der Waals surface area contributed by atoms with Crippen LogP contribution in [0.4, 0.5) is 0 Å². The lowest BCUT2D eigenvalue weighted by Crippen LogP contribution is -2.18. The number of phenolic OH excluding ortho intramolecular Hbond substituents is 3. The van der Waals surface area contributed by atoms with Gasteiger partial charge < -0.3 is 15.3 Å². The highest BCUT2D eigenvalue weighted by Gasteiger charge is 2.34. The number of hydrogen-bond acceptors (Lipinski definition) is 7. The molecule has 0 saturated carbocycles. The van der Waals surface area contributed by atoms with Crippen LogP contribution in [0.15, 0.2) is 30.3 Å². The zero-order valence-electron chi connectivity index (χ0n) is 18.4. The topological polar surface area (TPSA) is 129 Å². The van der Waals surface area contributed by atoms with Crippen LogP contribution in [0, 0.1) is 13.8 Å². The molecule has 0 heterocycles. The van der Waals surface area contributed by atoms with E-state index in [0.717, 1.165) is 6.08 Å². The van der Waals surface area contributed by atoms with E-state index in [-0.39, 0.29) is 38.8 Å². The van der Waals surface area contributed by atoms with E-state index in [9.17, 15) is 34.5 Å². The molecule has 0 fully saturated rings. The minimum Gasteiger partial charge on any atom is -0.507 e. The van der Waals surface area contributed by atoms with Crippen LogP contribution in [0.25, 0.3) is 16.3 Å². The fourth-order valence-corrected chi connectivity index (χ4v) is 4.53. The fraction of sp³-hybridized carbons (Fsp3) is 0.154. The van der Waals surface area contributed by atoms with Crippen LogP contribution in [-0.2, 0) is 0 Å². The van der Waals surface area contributed by atoms with E-state index in [1.807, 2.05) is 0 Å². The molecule has 1 aliphatic carbocycles. The minimum absolute atomic E-state index is 0.0344. The number of hydrogen-bond donors (Lipinski definition) is 3. The lowest BCUT2D eigenvalue weighted by atomic mass is 9.82. The Labute approximate surface area is 188 Å². The van der Waals surface area contributed by atoms with Gasteiger partial charge in [0.1, 0.15) is 17.2 Å². The number of carbonyl (C=O) groups excluding carboxylic acids is 4. The monoisotopic (exact) mass is 444 g/mol. The molecule has 0 unspecified atom stereocenters. The first-order valence-corrected chi connectivity index (χ1v) is 10.1. The van der Waals surface area contributed by atoms with Gasteiger partial charge in [-0.15, -0.1) is 0 Å². The maximum absolute atomic E-state index is 13.4. The molecule has 3 aromatic rings. The van der Waals surface area contributed by atoms with Crippen LogP contribution in [0.1, 0.15) is 72.0 Å². The molecule has 3 N–H and O–H groups in total. The summed E-state index contributed by atoms with van der Waals surface area (Å²) in [7, 11) is 0. The summed E-state index contributed by atoms with van der Waals surface area (Å²) in [6.45, 7) is 5.74. The van der Waals surface area contributed by atoms with Gasteiger partial charge in [-0.2, -0.15) is 0 Å². The third-order valence-electron chi connectivity index (χ3n) is 5.96. The van der Waals surface area contributed by atoms with Crippen molar-refractivity contribution in [2.24, 2.45) is 0 Å². The van der Waals surface area contributed by atoms with Crippen molar-refractivity contribution in [1.29, 1.82) is 0 Å². The first kappa shape index (κ1) is 22.0. The lowest BCUT2D eigenvalue weighted by Gasteiger charge is -2.20. The summed E-state index contributed by atoms with van der Waals surface area (Å²) < 4.78 is 0. The standard InChI is InChI=1S/C26H20O7/c1-10-7-14-5-6-15(23(30)21(14)25(32)19(10)12(3)27)16-9-18(29)17-8-11(2)20(13(4)28)26(33)22(17)24(16)31/h5-9,30,32-33H,1-4H3. The van der Waals surface area contributed by atoms with Gasteiger partial charge in [0, 0.05) is 16.7 Å². The third kappa shape index (κ3) is 3.12. The van der Waals surface area contributed by atoms with Gasteiger partial charge in [-0.1, -0.05) is 12.1 Å². The first-order chi connectivity index (χ1) is 15.5. The maximum Gasteiger partial charge on any atom is 0.198 e. The van der Waals surface area contributed by atoms with E-state index in [4.69, 9.17) is 0 Å². The van der Waals surface area contributed by atoms with Crippen LogP contribution < -0.4 is 0 Å². The zero-order chi connectivity index (χ0) is 24.4. The molecule has 7 nitrogen and oxygen atoms in total. The highest BCUT2D eigenvalue weighted by atomic mass is 16.3. The molecule has 166 valence electrons. The van der Waals surface area contributed by atoms with E-state index < -0.39 is 40.4 Å². The smallest absolute Gasteiger partial charge is 0.198 e. The number of ketones is 4. The van der Waals surface area contributed by atoms with Gasteiger partial charge in [0.05, 0.1) is 22.1 Å². The summed E-state index contributed by atoms with van der Waals surface area (Å²) in [5.41, 5.74) is 0.259. The van der Waals surface area contributed by atoms with Crippen LogP contribution in [0.3, 0.4) is 0 Å². The summed E-state index contributed by atoms with van der Waals surface area (Å²) in [6, 6.07) is 5.97. The van der Waals surface area contributed by atoms with Crippen molar-refractivity contribution >= 4 is 39.5 Å².